The van der Waals surface area contributed by atoms with Gasteiger partial charge >= 0.3 is 0 Å². The van der Waals surface area contributed by atoms with Gasteiger partial charge in [0.2, 0.25) is 0 Å². The topological polar surface area (TPSA) is 4.44 Å². The highest BCUT2D eigenvalue weighted by atomic mass is 15.2. The van der Waals surface area contributed by atoms with E-state index in [0.29, 0.717) is 0 Å². The Kier molecular flexibility index (Phi) is 2.08. The van der Waals surface area contributed by atoms with E-state index in [2.05, 4.69) is 27.7 Å². The van der Waals surface area contributed by atoms with Gasteiger partial charge in [0.1, 0.15) is 0 Å². The molecule has 0 atom stereocenters. The van der Waals surface area contributed by atoms with Crippen LogP contribution in [0.4, 0.5) is 0 Å². The van der Waals surface area contributed by atoms with Gasteiger partial charge in [-0.15, -0.1) is 0 Å². The summed E-state index contributed by atoms with van der Waals surface area (Å²) in [6, 6.07) is 0. The van der Waals surface area contributed by atoms with Crippen LogP contribution >= 0.6 is 0 Å². The quantitative estimate of drug-likeness (QED) is 0.487. The second-order valence-electron chi connectivity index (χ2n) is 5.03. The maximum absolute atomic E-state index is 6.11. The molecule has 0 spiro atoms. The molecule has 0 saturated carbocycles. The van der Waals surface area contributed by atoms with Crippen molar-refractivity contribution in [2.45, 2.75) is 58.0 Å². The fourth-order valence-electron chi connectivity index (χ4n) is 2.16. The van der Waals surface area contributed by atoms with Gasteiger partial charge in [-0.05, 0) is 47.0 Å². The molecule has 1 fully saturated rings. The Morgan fingerprint density at radius 2 is 1.36 bits per heavy atom. The molecule has 1 nitrogen and oxygen atoms in total. The molecule has 0 aromatic rings. The van der Waals surface area contributed by atoms with Crippen molar-refractivity contribution in [3.05, 3.63) is 0 Å². The lowest BCUT2D eigenvalue weighted by molar-refractivity contribution is -0.895. The lowest BCUT2D eigenvalue weighted by Crippen LogP contribution is -3.25. The molecule has 2 heteroatoms. The number of piperidine rings is 1. The van der Waals surface area contributed by atoms with Gasteiger partial charge in [0.25, 0.3) is 0 Å². The first-order valence-corrected chi connectivity index (χ1v) is 4.50. The molecule has 11 heavy (non-hydrogen) atoms. The van der Waals surface area contributed by atoms with Crippen LogP contribution in [0.15, 0.2) is 0 Å². The Hall–Kier alpha value is 0.0249. The van der Waals surface area contributed by atoms with Crippen molar-refractivity contribution >= 4 is 7.98 Å². The molecule has 0 aromatic heterocycles. The molecule has 3 radical (unpaired) electrons. The molecule has 1 heterocycles. The van der Waals surface area contributed by atoms with Crippen molar-refractivity contribution in [1.82, 2.24) is 0 Å². The van der Waals surface area contributed by atoms with E-state index >= 15 is 0 Å². The van der Waals surface area contributed by atoms with E-state index in [9.17, 15) is 0 Å². The maximum atomic E-state index is 6.11. The molecule has 0 aromatic carbocycles. The van der Waals surface area contributed by atoms with Crippen LogP contribution in [0.2, 0.25) is 0 Å². The summed E-state index contributed by atoms with van der Waals surface area (Å²) in [5, 5.41) is 0. The summed E-state index contributed by atoms with van der Waals surface area (Å²) < 4.78 is 0. The van der Waals surface area contributed by atoms with E-state index in [1.165, 1.54) is 24.1 Å². The average molecular weight is 152 g/mol. The van der Waals surface area contributed by atoms with Gasteiger partial charge in [-0.1, -0.05) is 0 Å². The summed E-state index contributed by atoms with van der Waals surface area (Å²) in [7, 11) is 6.11. The first-order chi connectivity index (χ1) is 4.86. The summed E-state index contributed by atoms with van der Waals surface area (Å²) in [6.07, 6.45) is 3.82. The molecule has 1 saturated heterocycles. The van der Waals surface area contributed by atoms with Crippen LogP contribution in [0, 0.1) is 0 Å². The highest BCUT2D eigenvalue weighted by molar-refractivity contribution is 5.95. The summed E-state index contributed by atoms with van der Waals surface area (Å²) in [4.78, 5) is 1.19. The van der Waals surface area contributed by atoms with Crippen molar-refractivity contribution in [1.29, 1.82) is 0 Å². The lowest BCUT2D eigenvalue weighted by Gasteiger charge is -2.57. The minimum atomic E-state index is 0.266. The van der Waals surface area contributed by atoms with E-state index in [1.54, 1.807) is 0 Å². The highest BCUT2D eigenvalue weighted by Crippen LogP contribution is 2.21. The van der Waals surface area contributed by atoms with E-state index in [0.717, 1.165) is 0 Å². The SMILES string of the molecule is [B-][NH+]1C(C)(C)CCCC1(C)C. The lowest BCUT2D eigenvalue weighted by atomic mass is 9.77. The van der Waals surface area contributed by atoms with Gasteiger partial charge in [0.05, 0.1) is 0 Å². The first kappa shape index (κ1) is 9.12. The molecular formula is C9H19BN. The zero-order valence-corrected chi connectivity index (χ0v) is 8.20. The molecular weight excluding hydrogens is 133 g/mol. The van der Waals surface area contributed by atoms with Crippen molar-refractivity contribution in [3.63, 3.8) is 0 Å². The molecule has 63 valence electrons. The average Bonchev–Trinajstić information content (AvgIpc) is 1.82. The summed E-state index contributed by atoms with van der Waals surface area (Å²) >= 11 is 0. The van der Waals surface area contributed by atoms with Crippen molar-refractivity contribution in [3.8, 4) is 0 Å². The Morgan fingerprint density at radius 3 is 1.64 bits per heavy atom. The van der Waals surface area contributed by atoms with Crippen molar-refractivity contribution in [2.75, 3.05) is 0 Å². The summed E-state index contributed by atoms with van der Waals surface area (Å²) in [5.41, 5.74) is 0.531. The first-order valence-electron chi connectivity index (χ1n) is 4.50. The van der Waals surface area contributed by atoms with Crippen LogP contribution in [0.25, 0.3) is 0 Å². The van der Waals surface area contributed by atoms with Gasteiger partial charge in [-0.3, -0.25) is 0 Å². The minimum absolute atomic E-state index is 0.266. The second-order valence-corrected chi connectivity index (χ2v) is 5.03. The number of rotatable bonds is 0. The van der Waals surface area contributed by atoms with Gasteiger partial charge < -0.3 is 4.81 Å². The van der Waals surface area contributed by atoms with Crippen LogP contribution in [-0.2, 0) is 0 Å². The normalized spacial score (nSPS) is 30.3. The molecule has 0 amide bonds. The van der Waals surface area contributed by atoms with Gasteiger partial charge in [-0.25, -0.2) is 7.98 Å². The standard InChI is InChI=1S/C9H19BN/c1-8(2)6-5-7-9(3,4)11(8)10/h11H,5-7H2,1-4H3. The van der Waals surface area contributed by atoms with Crippen LogP contribution in [0.5, 0.6) is 0 Å². The van der Waals surface area contributed by atoms with Crippen LogP contribution in [-0.4, -0.2) is 19.1 Å². The predicted octanol–water partition coefficient (Wildman–Crippen LogP) is 0.696. The number of hydrogen-bond acceptors (Lipinski definition) is 0. The van der Waals surface area contributed by atoms with E-state index in [1.807, 2.05) is 0 Å². The van der Waals surface area contributed by atoms with Crippen LogP contribution in [0.3, 0.4) is 0 Å². The third kappa shape index (κ3) is 1.61. The predicted molar refractivity (Wildman–Crippen MR) is 48.7 cm³/mol. The van der Waals surface area contributed by atoms with E-state index in [-0.39, 0.29) is 11.1 Å². The molecule has 1 N–H and O–H groups in total. The Bertz CT molecular complexity index is 136. The molecule has 1 aliphatic rings. The molecule has 0 bridgehead atoms. The zero-order valence-electron chi connectivity index (χ0n) is 8.20. The number of quaternary nitrogens is 1. The third-order valence-corrected chi connectivity index (χ3v) is 3.06. The van der Waals surface area contributed by atoms with Crippen molar-refractivity contribution in [2.24, 2.45) is 0 Å². The highest BCUT2D eigenvalue weighted by Gasteiger charge is 2.35. The van der Waals surface area contributed by atoms with E-state index in [4.69, 9.17) is 7.98 Å². The fraction of sp³-hybridized carbons (Fsp3) is 1.00. The molecule has 1 aliphatic heterocycles. The monoisotopic (exact) mass is 152 g/mol. The summed E-state index contributed by atoms with van der Waals surface area (Å²) in [6.45, 7) is 9.01. The second kappa shape index (κ2) is 2.51. The zero-order chi connectivity index (χ0) is 8.70. The van der Waals surface area contributed by atoms with Crippen molar-refractivity contribution < 1.29 is 4.81 Å². The van der Waals surface area contributed by atoms with E-state index < -0.39 is 0 Å². The molecule has 0 aliphatic carbocycles. The fourth-order valence-corrected chi connectivity index (χ4v) is 2.16. The Labute approximate surface area is 71.6 Å². The third-order valence-electron chi connectivity index (χ3n) is 3.06. The molecule has 0 unspecified atom stereocenters. The number of nitrogens with one attached hydrogen (secondary N) is 1. The van der Waals surface area contributed by atoms with Gasteiger partial charge in [0.15, 0.2) is 0 Å². The Morgan fingerprint density at radius 1 is 1.00 bits per heavy atom. The summed E-state index contributed by atoms with van der Waals surface area (Å²) in [5.74, 6) is 0. The van der Waals surface area contributed by atoms with Gasteiger partial charge in [0, 0.05) is 11.1 Å². The van der Waals surface area contributed by atoms with Gasteiger partial charge in [-0.2, -0.15) is 0 Å². The minimum Gasteiger partial charge on any atom is -0.589 e. The Balaban J connectivity index is 2.76. The molecule has 1 rings (SSSR count). The van der Waals surface area contributed by atoms with Crippen LogP contribution < -0.4 is 4.81 Å². The number of hydrogen-bond donors (Lipinski definition) is 1. The largest absolute Gasteiger partial charge is 0.589 e. The van der Waals surface area contributed by atoms with Crippen LogP contribution in [0.1, 0.15) is 47.0 Å². The maximum Gasteiger partial charge on any atom is 0.0463 e. The smallest absolute Gasteiger partial charge is 0.0463 e.